The molecule has 1 saturated heterocycles. The maximum atomic E-state index is 13.1. The van der Waals surface area contributed by atoms with Gasteiger partial charge in [0.25, 0.3) is 0 Å². The predicted molar refractivity (Wildman–Crippen MR) is 130 cm³/mol. The number of carbonyl (C=O) groups is 1. The van der Waals surface area contributed by atoms with E-state index in [0.29, 0.717) is 30.1 Å². The van der Waals surface area contributed by atoms with E-state index < -0.39 is 30.4 Å². The number of halogens is 3. The highest BCUT2D eigenvalue weighted by Gasteiger charge is 2.37. The molecular formula is C27H33F3N3O4-. The molecule has 2 aromatic rings. The number of likely N-dealkylation sites (tertiary alicyclic amines) is 1. The molecule has 2 unspecified atom stereocenters. The molecule has 2 aromatic carbocycles. The minimum absolute atomic E-state index is 0.0246. The Balaban J connectivity index is 1.29. The molecule has 1 aliphatic carbocycles. The number of benzene rings is 2. The van der Waals surface area contributed by atoms with Crippen molar-refractivity contribution in [2.45, 2.75) is 82.3 Å². The van der Waals surface area contributed by atoms with Crippen molar-refractivity contribution in [2.24, 2.45) is 0 Å². The molecule has 4 N–H and O–H groups in total. The Bertz CT molecular complexity index is 1070. The molecule has 1 aliphatic heterocycles. The Labute approximate surface area is 214 Å². The van der Waals surface area contributed by atoms with Crippen LogP contribution in [0.25, 0.3) is 0 Å². The molecule has 2 fully saturated rings. The Kier molecular flexibility index (Phi) is 8.42. The van der Waals surface area contributed by atoms with E-state index in [-0.39, 0.29) is 17.5 Å². The first kappa shape index (κ1) is 27.4. The molecule has 4 rings (SSSR count). The number of hydrogen-bond donors (Lipinski definition) is 4. The first-order valence-electron chi connectivity index (χ1n) is 12.6. The number of aryl methyl sites for hydroxylation is 1. The van der Waals surface area contributed by atoms with Gasteiger partial charge in [-0.1, -0.05) is 24.3 Å². The summed E-state index contributed by atoms with van der Waals surface area (Å²) in [5, 5.41) is 37.0. The van der Waals surface area contributed by atoms with E-state index in [0.717, 1.165) is 43.7 Å². The van der Waals surface area contributed by atoms with Crippen LogP contribution in [0.2, 0.25) is 0 Å². The first-order valence-corrected chi connectivity index (χ1v) is 12.6. The van der Waals surface area contributed by atoms with E-state index >= 15 is 0 Å². The number of aliphatic hydroxyl groups is 2. The summed E-state index contributed by atoms with van der Waals surface area (Å²) in [4.78, 5) is 14.7. The summed E-state index contributed by atoms with van der Waals surface area (Å²) in [6.45, 7) is 1.86. The molecular weight excluding hydrogens is 487 g/mol. The van der Waals surface area contributed by atoms with Crippen LogP contribution in [0.1, 0.15) is 73.0 Å². The molecule has 0 aromatic heterocycles. The van der Waals surface area contributed by atoms with E-state index in [4.69, 9.17) is 5.11 Å². The van der Waals surface area contributed by atoms with Gasteiger partial charge in [-0.15, -0.1) is 0 Å². The van der Waals surface area contributed by atoms with Gasteiger partial charge in [-0.25, -0.2) is 4.90 Å². The third kappa shape index (κ3) is 6.62. The summed E-state index contributed by atoms with van der Waals surface area (Å²) in [6, 6.07) is 10.2. The quantitative estimate of drug-likeness (QED) is 0.417. The molecule has 2 aliphatic rings. The molecule has 1 amide bonds. The standard InChI is InChI=1S/C27H33F3N3O4/c1-16-15-21(12-13-22(16)27(28,29)30)32-26(37)33-14-2-3-23(33)24(34)31-20-10-8-18(9-11-20)17-4-6-19(7-5-17)25(35)36/h4-7,12-13,15,18,20,23,25-26,32,35,37H,2-3,8-11,14H2,1H3,(H,31,34)/q-1/t18?,20?,23-,25?,26?/m1/s1. The lowest BCUT2D eigenvalue weighted by Crippen LogP contribution is -2.52. The van der Waals surface area contributed by atoms with Gasteiger partial charge in [-0.05, 0) is 86.3 Å². The number of nitrogens with zero attached hydrogens (tertiary/aromatic N) is 1. The van der Waals surface area contributed by atoms with Gasteiger partial charge in [0.15, 0.2) is 6.35 Å². The number of alkyl halides is 3. The molecule has 1 heterocycles. The van der Waals surface area contributed by atoms with E-state index in [1.807, 2.05) is 12.1 Å². The molecule has 0 spiro atoms. The van der Waals surface area contributed by atoms with Crippen LogP contribution in [0, 0.1) is 6.92 Å². The fourth-order valence-electron chi connectivity index (χ4n) is 5.47. The first-order chi connectivity index (χ1) is 17.5. The Morgan fingerprint density at radius 3 is 2.32 bits per heavy atom. The van der Waals surface area contributed by atoms with E-state index in [1.165, 1.54) is 19.1 Å². The second-order valence-corrected chi connectivity index (χ2v) is 10.0. The van der Waals surface area contributed by atoms with Crippen LogP contribution >= 0.6 is 0 Å². The van der Waals surface area contributed by atoms with E-state index in [1.54, 1.807) is 17.0 Å². The number of amides is 1. The number of hydrogen-bond acceptors (Lipinski definition) is 6. The average molecular weight is 521 g/mol. The van der Waals surface area contributed by atoms with Gasteiger partial charge in [0.05, 0.1) is 11.6 Å². The highest BCUT2D eigenvalue weighted by Crippen LogP contribution is 2.35. The van der Waals surface area contributed by atoms with E-state index in [2.05, 4.69) is 10.6 Å². The summed E-state index contributed by atoms with van der Waals surface area (Å²) in [6.07, 6.45) is -2.69. The largest absolute Gasteiger partial charge is 0.828 e. The molecule has 10 heteroatoms. The lowest BCUT2D eigenvalue weighted by molar-refractivity contribution is -0.490. The number of anilines is 1. The smallest absolute Gasteiger partial charge is 0.416 e. The minimum Gasteiger partial charge on any atom is -0.828 e. The lowest BCUT2D eigenvalue weighted by atomic mass is 9.81. The number of carbonyl (C=O) groups excluding carboxylic acids is 1. The van der Waals surface area contributed by atoms with Gasteiger partial charge in [0.1, 0.15) is 0 Å². The summed E-state index contributed by atoms with van der Waals surface area (Å²) < 4.78 is 39.1. The van der Waals surface area contributed by atoms with Crippen molar-refractivity contribution >= 4 is 11.6 Å². The predicted octanol–water partition coefficient (Wildman–Crippen LogP) is 3.36. The molecule has 202 valence electrons. The van der Waals surface area contributed by atoms with Gasteiger partial charge in [0, 0.05) is 24.6 Å². The maximum Gasteiger partial charge on any atom is 0.416 e. The highest BCUT2D eigenvalue weighted by molar-refractivity contribution is 5.82. The van der Waals surface area contributed by atoms with Crippen molar-refractivity contribution in [1.29, 1.82) is 0 Å². The molecule has 37 heavy (non-hydrogen) atoms. The summed E-state index contributed by atoms with van der Waals surface area (Å²) in [5.41, 5.74) is 1.13. The van der Waals surface area contributed by atoms with Gasteiger partial charge in [-0.2, -0.15) is 13.2 Å². The van der Waals surface area contributed by atoms with Crippen molar-refractivity contribution in [3.8, 4) is 0 Å². The van der Waals surface area contributed by atoms with Crippen LogP contribution in [0.15, 0.2) is 42.5 Å². The summed E-state index contributed by atoms with van der Waals surface area (Å²) >= 11 is 0. The second-order valence-electron chi connectivity index (χ2n) is 10.0. The topological polar surface area (TPSA) is 108 Å². The molecule has 0 bridgehead atoms. The van der Waals surface area contributed by atoms with Crippen LogP contribution in [0.5, 0.6) is 0 Å². The zero-order valence-electron chi connectivity index (χ0n) is 20.7. The van der Waals surface area contributed by atoms with Crippen LogP contribution in [-0.4, -0.2) is 46.0 Å². The van der Waals surface area contributed by atoms with E-state index in [9.17, 15) is 28.2 Å². The van der Waals surface area contributed by atoms with Crippen molar-refractivity contribution in [1.82, 2.24) is 10.2 Å². The molecule has 1 saturated carbocycles. The van der Waals surface area contributed by atoms with Gasteiger partial charge in [-0.3, -0.25) is 4.79 Å². The zero-order chi connectivity index (χ0) is 26.7. The van der Waals surface area contributed by atoms with Gasteiger partial charge in [0.2, 0.25) is 5.91 Å². The third-order valence-electron chi connectivity index (χ3n) is 7.51. The van der Waals surface area contributed by atoms with Crippen molar-refractivity contribution < 1.29 is 33.3 Å². The van der Waals surface area contributed by atoms with Crippen LogP contribution in [0.4, 0.5) is 18.9 Å². The van der Waals surface area contributed by atoms with Gasteiger partial charge < -0.3 is 26.0 Å². The minimum atomic E-state index is -4.44. The Hall–Kier alpha value is -2.66. The second kappa shape index (κ2) is 11.4. The van der Waals surface area contributed by atoms with Gasteiger partial charge >= 0.3 is 6.18 Å². The van der Waals surface area contributed by atoms with Crippen molar-refractivity contribution in [3.05, 3.63) is 64.7 Å². The Morgan fingerprint density at radius 2 is 1.73 bits per heavy atom. The average Bonchev–Trinajstić information content (AvgIpc) is 3.34. The molecule has 3 atom stereocenters. The fraction of sp³-hybridized carbons (Fsp3) is 0.519. The lowest BCUT2D eigenvalue weighted by Gasteiger charge is -2.33. The summed E-state index contributed by atoms with van der Waals surface area (Å²) in [7, 11) is 0. The highest BCUT2D eigenvalue weighted by atomic mass is 19.4. The van der Waals surface area contributed by atoms with Crippen LogP contribution < -0.4 is 15.7 Å². The Morgan fingerprint density at radius 1 is 1.05 bits per heavy atom. The number of nitrogens with one attached hydrogen (secondary N) is 2. The fourth-order valence-corrected chi connectivity index (χ4v) is 5.47. The van der Waals surface area contributed by atoms with Crippen LogP contribution in [0.3, 0.4) is 0 Å². The van der Waals surface area contributed by atoms with Crippen molar-refractivity contribution in [2.75, 3.05) is 11.9 Å². The number of rotatable bonds is 7. The molecule has 0 radical (unpaired) electrons. The monoisotopic (exact) mass is 520 g/mol. The zero-order valence-corrected chi connectivity index (χ0v) is 20.7. The third-order valence-corrected chi connectivity index (χ3v) is 7.51. The van der Waals surface area contributed by atoms with Crippen LogP contribution in [-0.2, 0) is 11.0 Å². The molecule has 7 nitrogen and oxygen atoms in total. The number of aliphatic hydroxyl groups excluding tert-OH is 2. The normalized spacial score (nSPS) is 24.5. The summed E-state index contributed by atoms with van der Waals surface area (Å²) in [5.74, 6) is 0.173. The maximum absolute atomic E-state index is 13.1. The SMILES string of the molecule is Cc1cc(NC(O)N2CCC[C@@H]2C(=O)NC2CCC(c3ccc(C([O-])O)cc3)CC2)ccc1C(F)(F)F. The van der Waals surface area contributed by atoms with Crippen molar-refractivity contribution in [3.63, 3.8) is 0 Å².